The van der Waals surface area contributed by atoms with Crippen LogP contribution >= 0.6 is 0 Å². The molecule has 92 valence electrons. The summed E-state index contributed by atoms with van der Waals surface area (Å²) < 4.78 is 23.5. The highest BCUT2D eigenvalue weighted by Crippen LogP contribution is 2.06. The largest absolute Gasteiger partial charge is 0.311 e. The molecule has 0 aromatic carbocycles. The fraction of sp³-hybridized carbons (Fsp3) is 1.00. The van der Waals surface area contributed by atoms with Gasteiger partial charge in [0.15, 0.2) is 9.84 Å². The zero-order valence-corrected chi connectivity index (χ0v) is 11.4. The van der Waals surface area contributed by atoms with Crippen LogP contribution in [0.25, 0.3) is 0 Å². The van der Waals surface area contributed by atoms with E-state index in [2.05, 4.69) is 5.32 Å². The second-order valence-electron chi connectivity index (χ2n) is 5.16. The standard InChI is InChI=1S/C11H25NO2S/c1-6-7-8-15(13,14)10(2)9-12-11(3,4)5/h10,12H,6-9H2,1-5H3. The molecular formula is C11H25NO2S. The predicted octanol–water partition coefficient (Wildman–Crippen LogP) is 1.98. The Hall–Kier alpha value is -0.0900. The summed E-state index contributed by atoms with van der Waals surface area (Å²) in [5.74, 6) is 0.316. The Morgan fingerprint density at radius 2 is 1.80 bits per heavy atom. The van der Waals surface area contributed by atoms with Crippen LogP contribution in [0.1, 0.15) is 47.5 Å². The van der Waals surface area contributed by atoms with E-state index in [1.807, 2.05) is 27.7 Å². The van der Waals surface area contributed by atoms with Crippen LogP contribution in [-0.2, 0) is 9.84 Å². The Labute approximate surface area is 94.6 Å². The van der Waals surface area contributed by atoms with Crippen LogP contribution in [0.4, 0.5) is 0 Å². The molecule has 0 fully saturated rings. The molecule has 0 saturated heterocycles. The smallest absolute Gasteiger partial charge is 0.154 e. The Bertz CT molecular complexity index is 265. The topological polar surface area (TPSA) is 46.2 Å². The van der Waals surface area contributed by atoms with Crippen LogP contribution in [0.2, 0.25) is 0 Å². The van der Waals surface area contributed by atoms with Gasteiger partial charge in [0, 0.05) is 12.1 Å². The van der Waals surface area contributed by atoms with Crippen molar-refractivity contribution in [1.29, 1.82) is 0 Å². The van der Waals surface area contributed by atoms with Crippen LogP contribution < -0.4 is 5.32 Å². The van der Waals surface area contributed by atoms with Crippen molar-refractivity contribution in [1.82, 2.24) is 5.32 Å². The molecule has 0 spiro atoms. The van der Waals surface area contributed by atoms with Crippen LogP contribution in [0.15, 0.2) is 0 Å². The monoisotopic (exact) mass is 235 g/mol. The molecule has 0 aromatic heterocycles. The fourth-order valence-corrected chi connectivity index (χ4v) is 2.55. The van der Waals surface area contributed by atoms with Gasteiger partial charge in [0.2, 0.25) is 0 Å². The van der Waals surface area contributed by atoms with Gasteiger partial charge in [-0.3, -0.25) is 0 Å². The van der Waals surface area contributed by atoms with Crippen molar-refractivity contribution in [3.05, 3.63) is 0 Å². The van der Waals surface area contributed by atoms with Crippen LogP contribution in [0, 0.1) is 0 Å². The molecule has 0 aliphatic heterocycles. The zero-order chi connectivity index (χ0) is 12.1. The molecule has 0 aromatic rings. The molecule has 0 aliphatic carbocycles. The summed E-state index contributed by atoms with van der Waals surface area (Å²) in [7, 11) is -2.91. The molecule has 0 aliphatic rings. The Morgan fingerprint density at radius 3 is 2.20 bits per heavy atom. The molecule has 0 bridgehead atoms. The normalized spacial score (nSPS) is 15.3. The van der Waals surface area contributed by atoms with Gasteiger partial charge in [-0.25, -0.2) is 8.42 Å². The minimum Gasteiger partial charge on any atom is -0.311 e. The number of nitrogens with one attached hydrogen (secondary N) is 1. The minimum absolute atomic E-state index is 0.0193. The molecule has 15 heavy (non-hydrogen) atoms. The lowest BCUT2D eigenvalue weighted by Gasteiger charge is -2.23. The molecular weight excluding hydrogens is 210 g/mol. The van der Waals surface area contributed by atoms with E-state index in [0.29, 0.717) is 12.3 Å². The van der Waals surface area contributed by atoms with Crippen LogP contribution in [-0.4, -0.2) is 31.5 Å². The van der Waals surface area contributed by atoms with Gasteiger partial charge in [-0.05, 0) is 34.1 Å². The molecule has 1 atom stereocenters. The van der Waals surface area contributed by atoms with Crippen molar-refractivity contribution in [2.24, 2.45) is 0 Å². The number of rotatable bonds is 6. The van der Waals surface area contributed by atoms with Crippen molar-refractivity contribution in [2.75, 3.05) is 12.3 Å². The Morgan fingerprint density at radius 1 is 1.27 bits per heavy atom. The first-order valence-corrected chi connectivity index (χ1v) is 7.37. The highest BCUT2D eigenvalue weighted by molar-refractivity contribution is 7.92. The number of hydrogen-bond donors (Lipinski definition) is 1. The molecule has 1 unspecified atom stereocenters. The molecule has 1 N–H and O–H groups in total. The van der Waals surface area contributed by atoms with Crippen LogP contribution in [0.5, 0.6) is 0 Å². The fourth-order valence-electron chi connectivity index (χ4n) is 1.12. The maximum atomic E-state index is 11.8. The predicted molar refractivity (Wildman–Crippen MR) is 65.9 cm³/mol. The average Bonchev–Trinajstić information content (AvgIpc) is 2.09. The highest BCUT2D eigenvalue weighted by atomic mass is 32.2. The van der Waals surface area contributed by atoms with Gasteiger partial charge in [-0.2, -0.15) is 0 Å². The van der Waals surface area contributed by atoms with Gasteiger partial charge < -0.3 is 5.32 Å². The molecule has 0 radical (unpaired) electrons. The van der Waals surface area contributed by atoms with Crippen molar-refractivity contribution in [3.8, 4) is 0 Å². The third-order valence-corrected chi connectivity index (χ3v) is 4.57. The highest BCUT2D eigenvalue weighted by Gasteiger charge is 2.21. The lowest BCUT2D eigenvalue weighted by atomic mass is 10.1. The molecule has 0 rings (SSSR count). The van der Waals surface area contributed by atoms with Crippen molar-refractivity contribution in [3.63, 3.8) is 0 Å². The molecule has 0 heterocycles. The summed E-state index contributed by atoms with van der Waals surface area (Å²) in [6, 6.07) is 0. The average molecular weight is 235 g/mol. The maximum Gasteiger partial charge on any atom is 0.154 e. The van der Waals surface area contributed by atoms with Gasteiger partial charge in [-0.1, -0.05) is 13.3 Å². The second-order valence-corrected chi connectivity index (χ2v) is 7.70. The lowest BCUT2D eigenvalue weighted by molar-refractivity contribution is 0.425. The van der Waals surface area contributed by atoms with Gasteiger partial charge in [-0.15, -0.1) is 0 Å². The molecule has 0 amide bonds. The SMILES string of the molecule is CCCCS(=O)(=O)C(C)CNC(C)(C)C. The summed E-state index contributed by atoms with van der Waals surface area (Å²) in [6.07, 6.45) is 1.70. The minimum atomic E-state index is -2.91. The van der Waals surface area contributed by atoms with Crippen molar-refractivity contribution in [2.45, 2.75) is 58.2 Å². The summed E-state index contributed by atoms with van der Waals surface area (Å²) in [5, 5.41) is 2.94. The van der Waals surface area contributed by atoms with E-state index >= 15 is 0 Å². The van der Waals surface area contributed by atoms with Crippen LogP contribution in [0.3, 0.4) is 0 Å². The third-order valence-electron chi connectivity index (χ3n) is 2.32. The second kappa shape index (κ2) is 5.85. The van der Waals surface area contributed by atoms with Gasteiger partial charge in [0.25, 0.3) is 0 Å². The summed E-state index contributed by atoms with van der Waals surface area (Å²) in [5.41, 5.74) is -0.0193. The summed E-state index contributed by atoms with van der Waals surface area (Å²) in [6.45, 7) is 10.4. The molecule has 3 nitrogen and oxygen atoms in total. The van der Waals surface area contributed by atoms with Crippen molar-refractivity contribution < 1.29 is 8.42 Å². The first-order chi connectivity index (χ1) is 6.69. The van der Waals surface area contributed by atoms with E-state index in [4.69, 9.17) is 0 Å². The van der Waals surface area contributed by atoms with E-state index in [9.17, 15) is 8.42 Å². The number of hydrogen-bond acceptors (Lipinski definition) is 3. The van der Waals surface area contributed by atoms with Gasteiger partial charge in [0.05, 0.1) is 11.0 Å². The Kier molecular flexibility index (Phi) is 5.81. The van der Waals surface area contributed by atoms with E-state index < -0.39 is 9.84 Å². The maximum absolute atomic E-state index is 11.8. The number of unbranched alkanes of at least 4 members (excludes halogenated alkanes) is 1. The summed E-state index contributed by atoms with van der Waals surface area (Å²) >= 11 is 0. The quantitative estimate of drug-likeness (QED) is 0.765. The van der Waals surface area contributed by atoms with E-state index in [1.165, 1.54) is 0 Å². The van der Waals surface area contributed by atoms with Gasteiger partial charge in [0.1, 0.15) is 0 Å². The van der Waals surface area contributed by atoms with E-state index in [1.54, 1.807) is 6.92 Å². The summed E-state index contributed by atoms with van der Waals surface area (Å²) in [4.78, 5) is 0. The molecule has 4 heteroatoms. The van der Waals surface area contributed by atoms with Crippen molar-refractivity contribution >= 4 is 9.84 Å². The first-order valence-electron chi connectivity index (χ1n) is 5.65. The zero-order valence-electron chi connectivity index (χ0n) is 10.6. The third kappa shape index (κ3) is 6.90. The number of sulfone groups is 1. The van der Waals surface area contributed by atoms with E-state index in [0.717, 1.165) is 12.8 Å². The van der Waals surface area contributed by atoms with Gasteiger partial charge >= 0.3 is 0 Å². The first kappa shape index (κ1) is 14.9. The Balaban J connectivity index is 4.14. The molecule has 0 saturated carbocycles. The van der Waals surface area contributed by atoms with E-state index in [-0.39, 0.29) is 10.8 Å². The lowest BCUT2D eigenvalue weighted by Crippen LogP contribution is -2.42.